The Labute approximate surface area is 49.7 Å². The van der Waals surface area contributed by atoms with Gasteiger partial charge in [-0.1, -0.05) is 0 Å². The lowest BCUT2D eigenvalue weighted by Crippen LogP contribution is -2.36. The third kappa shape index (κ3) is 3.12. The Hall–Kier alpha value is -1.50. The highest BCUT2D eigenvalue weighted by molar-refractivity contribution is 5.72. The maximum Gasteiger partial charge on any atom is 0.431 e. The molecule has 0 unspecified atom stereocenters. The van der Waals surface area contributed by atoms with Crippen LogP contribution in [0.3, 0.4) is 0 Å². The molecule has 0 radical (unpaired) electrons. The van der Waals surface area contributed by atoms with Crippen molar-refractivity contribution < 1.29 is 19.6 Å². The first-order valence-corrected chi connectivity index (χ1v) is 1.80. The zero-order valence-electron chi connectivity index (χ0n) is 4.27. The molecule has 0 aromatic heterocycles. The van der Waals surface area contributed by atoms with Crippen molar-refractivity contribution in [1.29, 1.82) is 0 Å². The first kappa shape index (κ1) is 7.50. The molecule has 7 nitrogen and oxygen atoms in total. The van der Waals surface area contributed by atoms with Crippen molar-refractivity contribution in [2.24, 2.45) is 11.5 Å². The summed E-state index contributed by atoms with van der Waals surface area (Å²) in [5.41, 5.74) is 8.75. The van der Waals surface area contributed by atoms with Gasteiger partial charge in [-0.2, -0.15) is 0 Å². The van der Waals surface area contributed by atoms with Crippen molar-refractivity contribution in [3.05, 3.63) is 0 Å². The zero-order chi connectivity index (χ0) is 7.44. The smallest absolute Gasteiger partial charge is 0.347 e. The standard InChI is InChI=1S/C2H5N3O4/c3-1(6)5(8)9-2(4)7/h8H,(H2,3,6)(H2,4,7). The van der Waals surface area contributed by atoms with Crippen molar-refractivity contribution in [1.82, 2.24) is 5.23 Å². The van der Waals surface area contributed by atoms with Crippen molar-refractivity contribution in [3.63, 3.8) is 0 Å². The van der Waals surface area contributed by atoms with E-state index in [1.165, 1.54) is 0 Å². The highest BCUT2D eigenvalue weighted by Gasteiger charge is 2.08. The second kappa shape index (κ2) is 2.72. The summed E-state index contributed by atoms with van der Waals surface area (Å²) in [4.78, 5) is 23.1. The number of hydrogen-bond acceptors (Lipinski definition) is 4. The van der Waals surface area contributed by atoms with Crippen molar-refractivity contribution >= 4 is 12.1 Å². The summed E-state index contributed by atoms with van der Waals surface area (Å²) in [5, 5.41) is 7.66. The Morgan fingerprint density at radius 3 is 2.00 bits per heavy atom. The summed E-state index contributed by atoms with van der Waals surface area (Å²) in [5.74, 6) is 0. The van der Waals surface area contributed by atoms with Crippen LogP contribution in [0.4, 0.5) is 9.59 Å². The van der Waals surface area contributed by atoms with Crippen molar-refractivity contribution in [3.8, 4) is 0 Å². The van der Waals surface area contributed by atoms with Gasteiger partial charge in [-0.25, -0.2) is 9.59 Å². The molecule has 5 N–H and O–H groups in total. The summed E-state index contributed by atoms with van der Waals surface area (Å²) < 4.78 is 0. The summed E-state index contributed by atoms with van der Waals surface area (Å²) in [6.07, 6.45) is -1.32. The first-order valence-electron chi connectivity index (χ1n) is 1.80. The summed E-state index contributed by atoms with van der Waals surface area (Å²) in [6, 6.07) is -1.33. The van der Waals surface area contributed by atoms with Crippen LogP contribution in [0.15, 0.2) is 0 Å². The number of nitrogens with zero attached hydrogens (tertiary/aromatic N) is 1. The molecule has 52 valence electrons. The van der Waals surface area contributed by atoms with Gasteiger partial charge in [0, 0.05) is 0 Å². The van der Waals surface area contributed by atoms with Gasteiger partial charge in [-0.05, 0) is 5.23 Å². The van der Waals surface area contributed by atoms with E-state index in [-0.39, 0.29) is 0 Å². The molecule has 0 bridgehead atoms. The lowest BCUT2D eigenvalue weighted by atomic mass is 11.1. The average molecular weight is 135 g/mol. The van der Waals surface area contributed by atoms with E-state index in [1.54, 1.807) is 0 Å². The molecular formula is C2H5N3O4. The fourth-order valence-corrected chi connectivity index (χ4v) is 0.130. The Bertz CT molecular complexity index is 134. The molecule has 0 saturated carbocycles. The van der Waals surface area contributed by atoms with Gasteiger partial charge in [0.25, 0.3) is 0 Å². The van der Waals surface area contributed by atoms with Gasteiger partial charge in [0.2, 0.25) is 0 Å². The average Bonchev–Trinajstić information content (AvgIpc) is 1.63. The van der Waals surface area contributed by atoms with Crippen molar-refractivity contribution in [2.45, 2.75) is 0 Å². The maximum atomic E-state index is 9.80. The lowest BCUT2D eigenvalue weighted by Gasteiger charge is -2.06. The van der Waals surface area contributed by atoms with Gasteiger partial charge in [-0.3, -0.25) is 10.0 Å². The number of carbonyl (C=O) groups excluding carboxylic acids is 2. The summed E-state index contributed by atoms with van der Waals surface area (Å²) >= 11 is 0. The predicted molar refractivity (Wildman–Crippen MR) is 23.9 cm³/mol. The van der Waals surface area contributed by atoms with E-state index in [0.29, 0.717) is 0 Å². The summed E-state index contributed by atoms with van der Waals surface area (Å²) in [6.45, 7) is 0. The normalized spacial score (nSPS) is 8.11. The van der Waals surface area contributed by atoms with Gasteiger partial charge >= 0.3 is 12.1 Å². The van der Waals surface area contributed by atoms with Gasteiger partial charge in [0.15, 0.2) is 0 Å². The number of hydroxylamine groups is 2. The molecule has 9 heavy (non-hydrogen) atoms. The highest BCUT2D eigenvalue weighted by Crippen LogP contribution is 1.80. The minimum absolute atomic E-state index is 0.470. The minimum Gasteiger partial charge on any atom is -0.347 e. The third-order valence-corrected chi connectivity index (χ3v) is 0.365. The quantitative estimate of drug-likeness (QED) is 0.284. The van der Waals surface area contributed by atoms with Crippen LogP contribution in [-0.2, 0) is 4.84 Å². The Kier molecular flexibility index (Phi) is 2.27. The van der Waals surface area contributed by atoms with Crippen LogP contribution in [0.2, 0.25) is 0 Å². The molecule has 0 aromatic rings. The number of hydrogen-bond donors (Lipinski definition) is 3. The van der Waals surface area contributed by atoms with E-state index in [1.807, 2.05) is 0 Å². The molecule has 0 atom stereocenters. The fraction of sp³-hybridized carbons (Fsp3) is 0. The molecule has 7 heteroatoms. The highest BCUT2D eigenvalue weighted by atomic mass is 16.9. The monoisotopic (exact) mass is 135 g/mol. The fourth-order valence-electron chi connectivity index (χ4n) is 0.130. The Balaban J connectivity index is 3.63. The van der Waals surface area contributed by atoms with E-state index in [2.05, 4.69) is 16.3 Å². The molecule has 0 spiro atoms. The van der Waals surface area contributed by atoms with Crippen LogP contribution < -0.4 is 11.5 Å². The van der Waals surface area contributed by atoms with Crippen LogP contribution in [-0.4, -0.2) is 22.6 Å². The van der Waals surface area contributed by atoms with E-state index >= 15 is 0 Å². The van der Waals surface area contributed by atoms with Gasteiger partial charge in [0.1, 0.15) is 0 Å². The molecule has 0 aromatic carbocycles. The molecule has 0 aliphatic carbocycles. The largest absolute Gasteiger partial charge is 0.431 e. The lowest BCUT2D eigenvalue weighted by molar-refractivity contribution is -0.251. The van der Waals surface area contributed by atoms with Crippen LogP contribution in [0.1, 0.15) is 0 Å². The molecule has 3 amide bonds. The summed E-state index contributed by atoms with van der Waals surface area (Å²) in [7, 11) is 0. The van der Waals surface area contributed by atoms with Gasteiger partial charge < -0.3 is 11.5 Å². The van der Waals surface area contributed by atoms with E-state index in [9.17, 15) is 9.59 Å². The molecule has 0 saturated heterocycles. The first-order chi connectivity index (χ1) is 4.04. The third-order valence-electron chi connectivity index (χ3n) is 0.365. The zero-order valence-corrected chi connectivity index (χ0v) is 4.27. The molecule has 0 rings (SSSR count). The Morgan fingerprint density at radius 1 is 1.44 bits per heavy atom. The van der Waals surface area contributed by atoms with Gasteiger partial charge in [0.05, 0.1) is 0 Å². The molecular weight excluding hydrogens is 130 g/mol. The predicted octanol–water partition coefficient (Wildman–Crippen LogP) is -1.23. The van der Waals surface area contributed by atoms with Crippen LogP contribution >= 0.6 is 0 Å². The van der Waals surface area contributed by atoms with Crippen LogP contribution in [0.25, 0.3) is 0 Å². The number of urea groups is 1. The van der Waals surface area contributed by atoms with Gasteiger partial charge in [-0.15, -0.1) is 0 Å². The molecule has 0 aliphatic rings. The number of primary amides is 2. The SMILES string of the molecule is NC(=O)ON(O)C(N)=O. The molecule has 0 aliphatic heterocycles. The topological polar surface area (TPSA) is 119 Å². The molecule has 0 fully saturated rings. The van der Waals surface area contributed by atoms with Crippen molar-refractivity contribution in [2.75, 3.05) is 0 Å². The number of rotatable bonds is 0. The number of amides is 3. The number of carbonyl (C=O) groups is 2. The minimum atomic E-state index is -1.33. The number of nitrogens with two attached hydrogens (primary N) is 2. The van der Waals surface area contributed by atoms with E-state index in [4.69, 9.17) is 5.21 Å². The second-order valence-electron chi connectivity index (χ2n) is 1.02. The Morgan fingerprint density at radius 2 is 1.89 bits per heavy atom. The van der Waals surface area contributed by atoms with Crippen LogP contribution in [0.5, 0.6) is 0 Å². The second-order valence-corrected chi connectivity index (χ2v) is 1.02. The van der Waals surface area contributed by atoms with Crippen LogP contribution in [0, 0.1) is 0 Å². The molecule has 0 heterocycles. The van der Waals surface area contributed by atoms with E-state index < -0.39 is 17.4 Å². The van der Waals surface area contributed by atoms with E-state index in [0.717, 1.165) is 0 Å². The maximum absolute atomic E-state index is 9.80.